The lowest BCUT2D eigenvalue weighted by atomic mass is 9.79. The predicted octanol–water partition coefficient (Wildman–Crippen LogP) is 2.67. The van der Waals surface area contributed by atoms with Crippen molar-refractivity contribution >= 4 is 5.91 Å². The minimum Gasteiger partial charge on any atom is -0.350 e. The van der Waals surface area contributed by atoms with Gasteiger partial charge in [-0.25, -0.2) is 4.39 Å². The first-order chi connectivity index (χ1) is 8.03. The smallest absolute Gasteiger partial charge is 0.220 e. The molecule has 0 aliphatic carbocycles. The number of benzene rings is 1. The van der Waals surface area contributed by atoms with Crippen molar-refractivity contribution in [2.45, 2.75) is 38.6 Å². The van der Waals surface area contributed by atoms with Gasteiger partial charge in [0.05, 0.1) is 0 Å². The molecule has 1 N–H and O–H groups in total. The van der Waals surface area contributed by atoms with E-state index in [1.807, 2.05) is 6.07 Å². The van der Waals surface area contributed by atoms with Crippen LogP contribution in [0, 0.1) is 11.7 Å². The quantitative estimate of drug-likeness (QED) is 0.857. The van der Waals surface area contributed by atoms with Gasteiger partial charge in [-0.05, 0) is 30.4 Å². The van der Waals surface area contributed by atoms with E-state index in [0.717, 1.165) is 6.42 Å². The molecular formula is C14H18FNO. The van der Waals surface area contributed by atoms with Gasteiger partial charge in [0, 0.05) is 12.0 Å². The van der Waals surface area contributed by atoms with E-state index in [2.05, 4.69) is 19.2 Å². The first-order valence-electron chi connectivity index (χ1n) is 6.08. The van der Waals surface area contributed by atoms with Crippen LogP contribution in [0.3, 0.4) is 0 Å². The maximum atomic E-state index is 13.7. The fourth-order valence-corrected chi connectivity index (χ4v) is 2.49. The van der Waals surface area contributed by atoms with Crippen molar-refractivity contribution in [2.24, 2.45) is 5.92 Å². The molecule has 17 heavy (non-hydrogen) atoms. The standard InChI is InChI=1S/C14H18FNO/c1-10(2)14(8-7-13(17)16-14)9-11-5-3-4-6-12(11)15/h3-6,10H,7-9H2,1-2H3,(H,16,17). The molecular weight excluding hydrogens is 217 g/mol. The maximum Gasteiger partial charge on any atom is 0.220 e. The SMILES string of the molecule is CC(C)C1(Cc2ccccc2F)CCC(=O)N1. The number of rotatable bonds is 3. The zero-order valence-electron chi connectivity index (χ0n) is 10.3. The Morgan fingerprint density at radius 1 is 1.41 bits per heavy atom. The summed E-state index contributed by atoms with van der Waals surface area (Å²) >= 11 is 0. The Labute approximate surface area is 101 Å². The van der Waals surface area contributed by atoms with Gasteiger partial charge in [0.25, 0.3) is 0 Å². The molecule has 0 saturated carbocycles. The number of amides is 1. The zero-order valence-corrected chi connectivity index (χ0v) is 10.3. The highest BCUT2D eigenvalue weighted by Gasteiger charge is 2.40. The van der Waals surface area contributed by atoms with E-state index >= 15 is 0 Å². The summed E-state index contributed by atoms with van der Waals surface area (Å²) in [5, 5.41) is 3.04. The van der Waals surface area contributed by atoms with Crippen molar-refractivity contribution in [1.29, 1.82) is 0 Å². The fraction of sp³-hybridized carbons (Fsp3) is 0.500. The van der Waals surface area contributed by atoms with E-state index in [4.69, 9.17) is 0 Å². The van der Waals surface area contributed by atoms with Gasteiger partial charge in [-0.1, -0.05) is 32.0 Å². The lowest BCUT2D eigenvalue weighted by Crippen LogP contribution is -2.48. The van der Waals surface area contributed by atoms with E-state index in [9.17, 15) is 9.18 Å². The van der Waals surface area contributed by atoms with Crippen LogP contribution in [0.2, 0.25) is 0 Å². The Morgan fingerprint density at radius 3 is 2.65 bits per heavy atom. The lowest BCUT2D eigenvalue weighted by molar-refractivity contribution is -0.120. The average molecular weight is 235 g/mol. The zero-order chi connectivity index (χ0) is 12.5. The van der Waals surface area contributed by atoms with Gasteiger partial charge in [0.2, 0.25) is 5.91 Å². The predicted molar refractivity (Wildman–Crippen MR) is 65.0 cm³/mol. The molecule has 0 spiro atoms. The Balaban J connectivity index is 2.25. The van der Waals surface area contributed by atoms with Crippen molar-refractivity contribution < 1.29 is 9.18 Å². The number of carbonyl (C=O) groups excluding carboxylic acids is 1. The second-order valence-electron chi connectivity index (χ2n) is 5.13. The molecule has 1 fully saturated rings. The van der Waals surface area contributed by atoms with E-state index in [1.54, 1.807) is 12.1 Å². The van der Waals surface area contributed by atoms with Crippen LogP contribution in [0.1, 0.15) is 32.3 Å². The summed E-state index contributed by atoms with van der Waals surface area (Å²) in [6.07, 6.45) is 1.91. The molecule has 92 valence electrons. The van der Waals surface area contributed by atoms with Gasteiger partial charge < -0.3 is 5.32 Å². The van der Waals surface area contributed by atoms with Gasteiger partial charge in [-0.2, -0.15) is 0 Å². The first kappa shape index (κ1) is 12.1. The highest BCUT2D eigenvalue weighted by atomic mass is 19.1. The molecule has 0 radical (unpaired) electrons. The van der Waals surface area contributed by atoms with E-state index in [0.29, 0.717) is 24.3 Å². The molecule has 0 aromatic heterocycles. The van der Waals surface area contributed by atoms with Gasteiger partial charge >= 0.3 is 0 Å². The normalized spacial score (nSPS) is 24.1. The monoisotopic (exact) mass is 235 g/mol. The van der Waals surface area contributed by atoms with Crippen LogP contribution in [0.25, 0.3) is 0 Å². The molecule has 1 saturated heterocycles. The van der Waals surface area contributed by atoms with Crippen LogP contribution < -0.4 is 5.32 Å². The second-order valence-corrected chi connectivity index (χ2v) is 5.13. The third-order valence-corrected chi connectivity index (χ3v) is 3.76. The number of carbonyl (C=O) groups is 1. The summed E-state index contributed by atoms with van der Waals surface area (Å²) in [5.74, 6) is 0.192. The molecule has 1 aliphatic heterocycles. The summed E-state index contributed by atoms with van der Waals surface area (Å²) in [5.41, 5.74) is 0.405. The van der Waals surface area contributed by atoms with E-state index < -0.39 is 0 Å². The Bertz CT molecular complexity index is 430. The van der Waals surface area contributed by atoms with E-state index in [-0.39, 0.29) is 17.3 Å². The number of hydrogen-bond acceptors (Lipinski definition) is 1. The Kier molecular flexibility index (Phi) is 3.18. The van der Waals surface area contributed by atoms with Gasteiger partial charge in [0.1, 0.15) is 5.82 Å². The number of nitrogens with one attached hydrogen (secondary N) is 1. The molecule has 1 amide bonds. The average Bonchev–Trinajstić information content (AvgIpc) is 2.65. The highest BCUT2D eigenvalue weighted by molar-refractivity contribution is 5.79. The van der Waals surface area contributed by atoms with Crippen LogP contribution in [-0.4, -0.2) is 11.4 Å². The van der Waals surface area contributed by atoms with Crippen molar-refractivity contribution in [3.05, 3.63) is 35.6 Å². The first-order valence-corrected chi connectivity index (χ1v) is 6.08. The summed E-state index contributed by atoms with van der Waals surface area (Å²) in [6, 6.07) is 6.79. The molecule has 2 rings (SSSR count). The van der Waals surface area contributed by atoms with Gasteiger partial charge in [-0.15, -0.1) is 0 Å². The Morgan fingerprint density at radius 2 is 2.12 bits per heavy atom. The summed E-state index contributed by atoms with van der Waals surface area (Å²) in [4.78, 5) is 11.4. The van der Waals surface area contributed by atoms with Gasteiger partial charge in [0.15, 0.2) is 0 Å². The van der Waals surface area contributed by atoms with Crippen LogP contribution in [0.15, 0.2) is 24.3 Å². The van der Waals surface area contributed by atoms with Crippen LogP contribution in [0.4, 0.5) is 4.39 Å². The molecule has 2 nitrogen and oxygen atoms in total. The van der Waals surface area contributed by atoms with Crippen molar-refractivity contribution in [3.8, 4) is 0 Å². The molecule has 1 heterocycles. The van der Waals surface area contributed by atoms with Gasteiger partial charge in [-0.3, -0.25) is 4.79 Å². The summed E-state index contributed by atoms with van der Waals surface area (Å²) in [6.45, 7) is 4.15. The Hall–Kier alpha value is -1.38. The topological polar surface area (TPSA) is 29.1 Å². The van der Waals surface area contributed by atoms with Crippen LogP contribution in [-0.2, 0) is 11.2 Å². The molecule has 1 aliphatic rings. The molecule has 3 heteroatoms. The molecule has 1 aromatic rings. The van der Waals surface area contributed by atoms with Crippen molar-refractivity contribution in [3.63, 3.8) is 0 Å². The van der Waals surface area contributed by atoms with Crippen molar-refractivity contribution in [1.82, 2.24) is 5.32 Å². The van der Waals surface area contributed by atoms with Crippen LogP contribution >= 0.6 is 0 Å². The lowest BCUT2D eigenvalue weighted by Gasteiger charge is -2.33. The molecule has 1 aromatic carbocycles. The largest absolute Gasteiger partial charge is 0.350 e. The summed E-state index contributed by atoms with van der Waals surface area (Å²) < 4.78 is 13.7. The molecule has 1 unspecified atom stereocenters. The van der Waals surface area contributed by atoms with Crippen LogP contribution in [0.5, 0.6) is 0 Å². The molecule has 1 atom stereocenters. The summed E-state index contributed by atoms with van der Waals surface area (Å²) in [7, 11) is 0. The second kappa shape index (κ2) is 4.47. The minimum atomic E-state index is -0.278. The number of hydrogen-bond donors (Lipinski definition) is 1. The minimum absolute atomic E-state index is 0.0787. The number of halogens is 1. The third kappa shape index (κ3) is 2.33. The van der Waals surface area contributed by atoms with E-state index in [1.165, 1.54) is 6.07 Å². The third-order valence-electron chi connectivity index (χ3n) is 3.76. The molecule has 0 bridgehead atoms. The maximum absolute atomic E-state index is 13.7. The highest BCUT2D eigenvalue weighted by Crippen LogP contribution is 2.32. The fourth-order valence-electron chi connectivity index (χ4n) is 2.49. The van der Waals surface area contributed by atoms with Crippen molar-refractivity contribution in [2.75, 3.05) is 0 Å².